The van der Waals surface area contributed by atoms with Gasteiger partial charge in [0.1, 0.15) is 22.8 Å². The first-order valence-electron chi connectivity index (χ1n) is 8.94. The van der Waals surface area contributed by atoms with E-state index >= 15 is 0 Å². The second kappa shape index (κ2) is 6.20. The molecule has 1 saturated carbocycles. The number of carbonyl (C=O) groups is 3. The summed E-state index contributed by atoms with van der Waals surface area (Å²) in [5.41, 5.74) is 5.86. The van der Waals surface area contributed by atoms with Crippen molar-refractivity contribution in [1.29, 1.82) is 0 Å². The summed E-state index contributed by atoms with van der Waals surface area (Å²) in [6.07, 6.45) is 0.538. The lowest BCUT2D eigenvalue weighted by atomic mass is 9.61. The van der Waals surface area contributed by atoms with Crippen LogP contribution in [0.5, 0.6) is 5.75 Å². The molecule has 0 spiro atoms. The zero-order valence-electron chi connectivity index (χ0n) is 14.8. The second-order valence-electron chi connectivity index (χ2n) is 7.51. The monoisotopic (exact) mass is 385 g/mol. The summed E-state index contributed by atoms with van der Waals surface area (Å²) in [7, 11) is 0. The number of carbonyl (C=O) groups excluding carboxylic acids is 3. The quantitative estimate of drug-likeness (QED) is 0.471. The van der Waals surface area contributed by atoms with Gasteiger partial charge in [-0.1, -0.05) is 6.07 Å². The largest absolute Gasteiger partial charge is 0.511 e. The Hall–Kier alpha value is -3.13. The number of phenolic OH excluding ortho intramolecular Hbond substituents is 1. The Kier molecular flexibility index (Phi) is 4.04. The molecule has 0 radical (unpaired) electrons. The molecular weight excluding hydrogens is 366 g/mol. The van der Waals surface area contributed by atoms with Crippen LogP contribution < -0.4 is 5.73 Å². The number of phenols is 1. The molecule has 0 aromatic heterocycles. The number of allylic oxidation sites excluding steroid dienone is 2. The van der Waals surface area contributed by atoms with Crippen LogP contribution in [0.3, 0.4) is 0 Å². The highest BCUT2D eigenvalue weighted by atomic mass is 16.3. The molecule has 6 N–H and O–H groups in total. The first kappa shape index (κ1) is 18.2. The standard InChI is InChI=1S/C20H19NO7/c21-20(28)16-12(24)5-9-3-8-4-10-7(6-22)1-2-11(23)15(10)18(26)13(8)17(25)14(9)19(16)27/h1-2,8-9,14,22-23,26-27H,3-6H2,(H2,21,28). The number of hydrogen-bond donors (Lipinski definition) is 5. The summed E-state index contributed by atoms with van der Waals surface area (Å²) >= 11 is 0. The third kappa shape index (κ3) is 2.37. The maximum absolute atomic E-state index is 13.2. The van der Waals surface area contributed by atoms with E-state index in [0.717, 1.165) is 0 Å². The lowest BCUT2D eigenvalue weighted by Gasteiger charge is -2.41. The molecule has 1 amide bonds. The van der Waals surface area contributed by atoms with E-state index in [2.05, 4.69) is 0 Å². The topological polar surface area (TPSA) is 158 Å². The van der Waals surface area contributed by atoms with E-state index in [0.29, 0.717) is 24.0 Å². The van der Waals surface area contributed by atoms with Crippen LogP contribution in [0.2, 0.25) is 0 Å². The van der Waals surface area contributed by atoms with E-state index in [-0.39, 0.29) is 29.9 Å². The fraction of sp³-hybridized carbons (Fsp3) is 0.350. The van der Waals surface area contributed by atoms with Gasteiger partial charge in [-0.25, -0.2) is 0 Å². The van der Waals surface area contributed by atoms with E-state index in [1.54, 1.807) is 6.07 Å². The van der Waals surface area contributed by atoms with Crippen LogP contribution in [-0.4, -0.2) is 37.9 Å². The third-order valence-corrected chi connectivity index (χ3v) is 6.04. The maximum atomic E-state index is 13.2. The van der Waals surface area contributed by atoms with Crippen molar-refractivity contribution in [1.82, 2.24) is 0 Å². The van der Waals surface area contributed by atoms with Crippen LogP contribution in [0.4, 0.5) is 0 Å². The number of ketones is 2. The maximum Gasteiger partial charge on any atom is 0.255 e. The number of fused-ring (bicyclic) bond motifs is 3. The molecule has 146 valence electrons. The molecule has 28 heavy (non-hydrogen) atoms. The number of Topliss-reactive ketones (excluding diaryl/α,β-unsaturated/α-hetero) is 2. The number of aliphatic hydroxyl groups is 3. The van der Waals surface area contributed by atoms with Gasteiger partial charge in [-0.2, -0.15) is 0 Å². The van der Waals surface area contributed by atoms with Crippen molar-refractivity contribution in [3.8, 4) is 5.75 Å². The van der Waals surface area contributed by atoms with Gasteiger partial charge in [0.05, 0.1) is 18.1 Å². The van der Waals surface area contributed by atoms with Gasteiger partial charge in [-0.15, -0.1) is 0 Å². The lowest BCUT2D eigenvalue weighted by molar-refractivity contribution is -0.127. The Morgan fingerprint density at radius 2 is 1.86 bits per heavy atom. The smallest absolute Gasteiger partial charge is 0.255 e. The molecule has 0 saturated heterocycles. The summed E-state index contributed by atoms with van der Waals surface area (Å²) < 4.78 is 0. The van der Waals surface area contributed by atoms with Crippen molar-refractivity contribution in [3.05, 3.63) is 45.7 Å². The fourth-order valence-electron chi connectivity index (χ4n) is 4.85. The number of nitrogens with two attached hydrogens (primary N) is 1. The molecule has 3 unspecified atom stereocenters. The summed E-state index contributed by atoms with van der Waals surface area (Å²) in [4.78, 5) is 36.9. The molecule has 1 aromatic rings. The average Bonchev–Trinajstić information content (AvgIpc) is 2.60. The molecule has 8 nitrogen and oxygen atoms in total. The number of aliphatic hydroxyl groups excluding tert-OH is 3. The number of aromatic hydroxyl groups is 1. The Labute approximate surface area is 159 Å². The molecule has 1 fully saturated rings. The van der Waals surface area contributed by atoms with Crippen molar-refractivity contribution >= 4 is 23.2 Å². The van der Waals surface area contributed by atoms with Crippen LogP contribution in [0.25, 0.3) is 5.76 Å². The van der Waals surface area contributed by atoms with Gasteiger partial charge in [0.2, 0.25) is 0 Å². The van der Waals surface area contributed by atoms with Crippen molar-refractivity contribution < 1.29 is 34.8 Å². The van der Waals surface area contributed by atoms with Gasteiger partial charge >= 0.3 is 0 Å². The van der Waals surface area contributed by atoms with Gasteiger partial charge in [0.15, 0.2) is 11.6 Å². The number of benzene rings is 1. The van der Waals surface area contributed by atoms with Crippen LogP contribution in [0, 0.1) is 17.8 Å². The Balaban J connectivity index is 1.89. The fourth-order valence-corrected chi connectivity index (χ4v) is 4.85. The van der Waals surface area contributed by atoms with Crippen molar-refractivity contribution in [3.63, 3.8) is 0 Å². The predicted octanol–water partition coefficient (Wildman–Crippen LogP) is 0.801. The highest BCUT2D eigenvalue weighted by Gasteiger charge is 2.50. The molecule has 8 heteroatoms. The summed E-state index contributed by atoms with van der Waals surface area (Å²) in [5.74, 6) is -5.59. The minimum atomic E-state index is -1.13. The van der Waals surface area contributed by atoms with Crippen LogP contribution in [0.15, 0.2) is 29.0 Å². The normalized spacial score (nSPS) is 26.7. The van der Waals surface area contributed by atoms with E-state index < -0.39 is 52.3 Å². The SMILES string of the molecule is NC(=O)C1=C(O)C2C(=O)C3=C(O)c4c(O)ccc(CO)c4CC3CC2CC1=O. The van der Waals surface area contributed by atoms with Crippen molar-refractivity contribution in [2.24, 2.45) is 23.5 Å². The average molecular weight is 385 g/mol. The number of amides is 1. The lowest BCUT2D eigenvalue weighted by Crippen LogP contribution is -2.44. The molecule has 3 aliphatic rings. The van der Waals surface area contributed by atoms with E-state index in [1.807, 2.05) is 0 Å². The molecule has 0 aliphatic heterocycles. The van der Waals surface area contributed by atoms with E-state index in [9.17, 15) is 34.8 Å². The highest BCUT2D eigenvalue weighted by Crippen LogP contribution is 2.50. The van der Waals surface area contributed by atoms with Gasteiger partial charge in [-0.05, 0) is 41.9 Å². The first-order valence-corrected chi connectivity index (χ1v) is 8.94. The minimum Gasteiger partial charge on any atom is -0.511 e. The summed E-state index contributed by atoms with van der Waals surface area (Å²) in [6, 6.07) is 2.89. The van der Waals surface area contributed by atoms with Gasteiger partial charge in [0, 0.05) is 12.0 Å². The molecule has 3 aliphatic carbocycles. The number of hydrogen-bond acceptors (Lipinski definition) is 7. The number of primary amides is 1. The van der Waals surface area contributed by atoms with Gasteiger partial charge in [0.25, 0.3) is 5.91 Å². The zero-order chi connectivity index (χ0) is 20.3. The second-order valence-corrected chi connectivity index (χ2v) is 7.51. The van der Waals surface area contributed by atoms with Crippen molar-refractivity contribution in [2.75, 3.05) is 0 Å². The van der Waals surface area contributed by atoms with Crippen LogP contribution in [0.1, 0.15) is 29.5 Å². The van der Waals surface area contributed by atoms with Gasteiger partial charge in [-0.3, -0.25) is 14.4 Å². The van der Waals surface area contributed by atoms with Crippen LogP contribution >= 0.6 is 0 Å². The Bertz CT molecular complexity index is 1000. The molecule has 1 aromatic carbocycles. The molecule has 0 heterocycles. The summed E-state index contributed by atoms with van der Waals surface area (Å²) in [6.45, 7) is -0.290. The highest BCUT2D eigenvalue weighted by molar-refractivity contribution is 6.21. The Morgan fingerprint density at radius 1 is 1.14 bits per heavy atom. The van der Waals surface area contributed by atoms with Crippen molar-refractivity contribution in [2.45, 2.75) is 25.9 Å². The van der Waals surface area contributed by atoms with E-state index in [1.165, 1.54) is 6.07 Å². The Morgan fingerprint density at radius 3 is 2.50 bits per heavy atom. The minimum absolute atomic E-state index is 0.0591. The van der Waals surface area contributed by atoms with Gasteiger partial charge < -0.3 is 26.2 Å². The molecular formula is C20H19NO7. The number of rotatable bonds is 2. The zero-order valence-corrected chi connectivity index (χ0v) is 14.8. The third-order valence-electron chi connectivity index (χ3n) is 6.04. The first-order chi connectivity index (χ1) is 13.3. The molecule has 3 atom stereocenters. The molecule has 4 rings (SSSR count). The predicted molar refractivity (Wildman–Crippen MR) is 95.8 cm³/mol. The van der Waals surface area contributed by atoms with Crippen LogP contribution in [-0.2, 0) is 27.4 Å². The summed E-state index contributed by atoms with van der Waals surface area (Å²) in [5, 5.41) is 41.0. The molecule has 0 bridgehead atoms. The van der Waals surface area contributed by atoms with E-state index in [4.69, 9.17) is 5.73 Å².